The Morgan fingerprint density at radius 3 is 2.79 bits per heavy atom. The van der Waals surface area contributed by atoms with Crippen LogP contribution in [0.4, 0.5) is 0 Å². The lowest BCUT2D eigenvalue weighted by Crippen LogP contribution is -1.93. The second-order valence-electron chi connectivity index (χ2n) is 2.70. The summed E-state index contributed by atoms with van der Waals surface area (Å²) in [6.07, 6.45) is 1.46. The number of hydrogen-bond acceptors (Lipinski definition) is 2. The molecule has 0 spiro atoms. The molecule has 1 aromatic carbocycles. The van der Waals surface area contributed by atoms with Crippen LogP contribution >= 0.6 is 11.6 Å². The Morgan fingerprint density at radius 2 is 2.14 bits per heavy atom. The average Bonchev–Trinajstić information content (AvgIpc) is 2.46. The van der Waals surface area contributed by atoms with E-state index in [1.54, 1.807) is 18.2 Å². The summed E-state index contributed by atoms with van der Waals surface area (Å²) in [5, 5.41) is 10.1. The molecule has 1 heterocycles. The quantitative estimate of drug-likeness (QED) is 0.679. The zero-order valence-electron chi connectivity index (χ0n) is 7.25. The number of nitrogens with one attached hydrogen (secondary N) is 1. The van der Waals surface area contributed by atoms with Crippen LogP contribution in [-0.4, -0.2) is 16.1 Å². The Hall–Kier alpha value is -1.52. The van der Waals surface area contributed by atoms with Gasteiger partial charge in [-0.15, -0.1) is 0 Å². The van der Waals surface area contributed by atoms with Crippen molar-refractivity contribution in [3.63, 3.8) is 0 Å². The maximum Gasteiger partial charge on any atom is 0.337 e. The van der Waals surface area contributed by atoms with Crippen molar-refractivity contribution in [1.29, 1.82) is 0 Å². The van der Waals surface area contributed by atoms with Gasteiger partial charge in [-0.05, 0) is 12.1 Å². The van der Waals surface area contributed by atoms with Crippen molar-refractivity contribution < 1.29 is 9.90 Å². The molecule has 5 heteroatoms. The standard InChI is InChI=1S/C9H6ClNO2.H3N/c10-5-1-2-6-7(9(12)13)4-11-8(6)3-5;/h1-4,11H,(H,12,13);1H3. The van der Waals surface area contributed by atoms with Crippen LogP contribution in [0, 0.1) is 0 Å². The Morgan fingerprint density at radius 1 is 1.43 bits per heavy atom. The van der Waals surface area contributed by atoms with Crippen molar-refractivity contribution in [3.05, 3.63) is 35.0 Å². The van der Waals surface area contributed by atoms with Crippen LogP contribution in [0.15, 0.2) is 24.4 Å². The summed E-state index contributed by atoms with van der Waals surface area (Å²) < 4.78 is 0. The van der Waals surface area contributed by atoms with Crippen molar-refractivity contribution in [2.24, 2.45) is 0 Å². The molecule has 0 atom stereocenters. The largest absolute Gasteiger partial charge is 0.478 e. The van der Waals surface area contributed by atoms with Crippen molar-refractivity contribution in [3.8, 4) is 0 Å². The second kappa shape index (κ2) is 3.69. The minimum atomic E-state index is -0.937. The highest BCUT2D eigenvalue weighted by atomic mass is 35.5. The SMILES string of the molecule is N.O=C(O)c1c[nH]c2cc(Cl)ccc12. The Kier molecular flexibility index (Phi) is 2.78. The molecule has 0 aliphatic heterocycles. The van der Waals surface area contributed by atoms with E-state index >= 15 is 0 Å². The van der Waals surface area contributed by atoms with Gasteiger partial charge in [0.1, 0.15) is 0 Å². The number of halogens is 1. The highest BCUT2D eigenvalue weighted by Crippen LogP contribution is 2.21. The van der Waals surface area contributed by atoms with Gasteiger partial charge in [0.25, 0.3) is 0 Å². The number of hydrogen-bond donors (Lipinski definition) is 3. The van der Waals surface area contributed by atoms with Gasteiger partial charge in [-0.1, -0.05) is 17.7 Å². The molecule has 14 heavy (non-hydrogen) atoms. The molecule has 0 aliphatic carbocycles. The zero-order valence-corrected chi connectivity index (χ0v) is 8.01. The molecule has 0 unspecified atom stereocenters. The molecule has 0 fully saturated rings. The number of aromatic amines is 1. The first-order valence-corrected chi connectivity index (χ1v) is 4.06. The van der Waals surface area contributed by atoms with Crippen molar-refractivity contribution in [2.45, 2.75) is 0 Å². The molecule has 2 aromatic rings. The number of fused-ring (bicyclic) bond motifs is 1. The lowest BCUT2D eigenvalue weighted by Gasteiger charge is -1.92. The average molecular weight is 213 g/mol. The highest BCUT2D eigenvalue weighted by molar-refractivity contribution is 6.31. The number of rotatable bonds is 1. The van der Waals surface area contributed by atoms with Crippen LogP contribution in [0.2, 0.25) is 5.02 Å². The summed E-state index contributed by atoms with van der Waals surface area (Å²) in [6, 6.07) is 5.06. The summed E-state index contributed by atoms with van der Waals surface area (Å²) in [4.78, 5) is 13.6. The fourth-order valence-corrected chi connectivity index (χ4v) is 1.45. The van der Waals surface area contributed by atoms with E-state index in [1.165, 1.54) is 6.20 Å². The third kappa shape index (κ3) is 1.57. The minimum absolute atomic E-state index is 0. The van der Waals surface area contributed by atoms with E-state index in [9.17, 15) is 4.79 Å². The van der Waals surface area contributed by atoms with E-state index in [-0.39, 0.29) is 11.7 Å². The van der Waals surface area contributed by atoms with Crippen LogP contribution in [-0.2, 0) is 0 Å². The topological polar surface area (TPSA) is 88.1 Å². The lowest BCUT2D eigenvalue weighted by molar-refractivity contribution is 0.0699. The molecule has 2 rings (SSSR count). The first kappa shape index (κ1) is 10.6. The van der Waals surface area contributed by atoms with Gasteiger partial charge in [-0.2, -0.15) is 0 Å². The number of carbonyl (C=O) groups is 1. The third-order valence-electron chi connectivity index (χ3n) is 1.87. The number of carboxylic acid groups (broad SMARTS) is 1. The van der Waals surface area contributed by atoms with Gasteiger partial charge < -0.3 is 16.2 Å². The second-order valence-corrected chi connectivity index (χ2v) is 3.13. The number of aromatic nitrogens is 1. The van der Waals surface area contributed by atoms with Gasteiger partial charge in [-0.3, -0.25) is 0 Å². The number of carboxylic acids is 1. The lowest BCUT2D eigenvalue weighted by atomic mass is 10.2. The molecule has 0 aliphatic rings. The Balaban J connectivity index is 0.000000980. The zero-order chi connectivity index (χ0) is 9.42. The summed E-state index contributed by atoms with van der Waals surface area (Å²) in [6.45, 7) is 0. The fraction of sp³-hybridized carbons (Fsp3) is 0. The van der Waals surface area contributed by atoms with Crippen LogP contribution in [0.3, 0.4) is 0 Å². The van der Waals surface area contributed by atoms with Gasteiger partial charge in [0.05, 0.1) is 5.56 Å². The van der Waals surface area contributed by atoms with E-state index < -0.39 is 5.97 Å². The van der Waals surface area contributed by atoms with Gasteiger partial charge in [0.15, 0.2) is 0 Å². The molecule has 4 nitrogen and oxygen atoms in total. The first-order valence-electron chi connectivity index (χ1n) is 3.68. The monoisotopic (exact) mass is 212 g/mol. The minimum Gasteiger partial charge on any atom is -0.478 e. The first-order chi connectivity index (χ1) is 6.18. The molecule has 1 aromatic heterocycles. The van der Waals surface area contributed by atoms with E-state index in [0.29, 0.717) is 10.4 Å². The van der Waals surface area contributed by atoms with Gasteiger partial charge in [0, 0.05) is 22.1 Å². The van der Waals surface area contributed by atoms with E-state index in [2.05, 4.69) is 4.98 Å². The fourth-order valence-electron chi connectivity index (χ4n) is 1.28. The predicted octanol–water partition coefficient (Wildman–Crippen LogP) is 2.68. The smallest absolute Gasteiger partial charge is 0.337 e. The molecule has 0 amide bonds. The molecule has 0 bridgehead atoms. The van der Waals surface area contributed by atoms with Crippen molar-refractivity contribution >= 4 is 28.5 Å². The summed E-state index contributed by atoms with van der Waals surface area (Å²) in [5.41, 5.74) is 1.01. The van der Waals surface area contributed by atoms with Crippen LogP contribution in [0.1, 0.15) is 10.4 Å². The summed E-state index contributed by atoms with van der Waals surface area (Å²) in [7, 11) is 0. The molecular weight excluding hydrogens is 204 g/mol. The predicted molar refractivity (Wildman–Crippen MR) is 55.3 cm³/mol. The molecular formula is C9H9ClN2O2. The highest BCUT2D eigenvalue weighted by Gasteiger charge is 2.09. The molecule has 74 valence electrons. The molecule has 0 saturated carbocycles. The van der Waals surface area contributed by atoms with Gasteiger partial charge >= 0.3 is 5.97 Å². The van der Waals surface area contributed by atoms with Gasteiger partial charge in [0.2, 0.25) is 0 Å². The van der Waals surface area contributed by atoms with E-state index in [0.717, 1.165) is 5.52 Å². The molecule has 0 saturated heterocycles. The maximum absolute atomic E-state index is 10.7. The van der Waals surface area contributed by atoms with E-state index in [1.807, 2.05) is 0 Å². The third-order valence-corrected chi connectivity index (χ3v) is 2.11. The Labute approximate surface area is 85.1 Å². The van der Waals surface area contributed by atoms with Crippen LogP contribution in [0.5, 0.6) is 0 Å². The van der Waals surface area contributed by atoms with Crippen LogP contribution < -0.4 is 6.15 Å². The van der Waals surface area contributed by atoms with Crippen molar-refractivity contribution in [2.75, 3.05) is 0 Å². The number of aromatic carboxylic acids is 1. The summed E-state index contributed by atoms with van der Waals surface area (Å²) >= 11 is 5.74. The number of H-pyrrole nitrogens is 1. The summed E-state index contributed by atoms with van der Waals surface area (Å²) in [5.74, 6) is -0.937. The Bertz CT molecular complexity index is 479. The molecule has 0 radical (unpaired) electrons. The van der Waals surface area contributed by atoms with Crippen molar-refractivity contribution in [1.82, 2.24) is 11.1 Å². The molecule has 5 N–H and O–H groups in total. The van der Waals surface area contributed by atoms with Gasteiger partial charge in [-0.25, -0.2) is 4.79 Å². The number of benzene rings is 1. The van der Waals surface area contributed by atoms with Crippen LogP contribution in [0.25, 0.3) is 10.9 Å². The maximum atomic E-state index is 10.7. The van der Waals surface area contributed by atoms with E-state index in [4.69, 9.17) is 16.7 Å². The normalized spacial score (nSPS) is 9.79.